The highest BCUT2D eigenvalue weighted by Crippen LogP contribution is 2.26. The number of rotatable bonds is 6. The number of carbonyl (C=O) groups is 1. The molecule has 4 N–H and O–H groups in total. The predicted molar refractivity (Wildman–Crippen MR) is 98.6 cm³/mol. The van der Waals surface area contributed by atoms with Crippen LogP contribution >= 0.6 is 0 Å². The van der Waals surface area contributed by atoms with E-state index >= 15 is 0 Å². The molecule has 1 unspecified atom stereocenters. The van der Waals surface area contributed by atoms with Crippen LogP contribution in [0.1, 0.15) is 45.4 Å². The van der Waals surface area contributed by atoms with Crippen molar-refractivity contribution < 1.29 is 13.2 Å². The Hall–Kier alpha value is -1.35. The van der Waals surface area contributed by atoms with Crippen molar-refractivity contribution in [2.45, 2.75) is 51.5 Å². The first-order valence-electron chi connectivity index (χ1n) is 9.23. The summed E-state index contributed by atoms with van der Waals surface area (Å²) in [5, 5.41) is 11.4. The maximum atomic E-state index is 12.6. The van der Waals surface area contributed by atoms with Crippen molar-refractivity contribution in [3.63, 3.8) is 0 Å². The highest BCUT2D eigenvalue weighted by atomic mass is 32.2. The van der Waals surface area contributed by atoms with Gasteiger partial charge in [0.15, 0.2) is 5.96 Å². The fraction of sp³-hybridized carbons (Fsp3) is 0.875. The largest absolute Gasteiger partial charge is 0.357 e. The molecule has 1 heterocycles. The fourth-order valence-corrected chi connectivity index (χ4v) is 3.83. The summed E-state index contributed by atoms with van der Waals surface area (Å²) in [4.78, 5) is 18.8. The van der Waals surface area contributed by atoms with Crippen molar-refractivity contribution in [3.8, 4) is 0 Å². The van der Waals surface area contributed by atoms with Crippen molar-refractivity contribution in [2.24, 2.45) is 16.0 Å². The van der Waals surface area contributed by atoms with Crippen molar-refractivity contribution in [1.82, 2.24) is 15.5 Å². The fourth-order valence-electron chi connectivity index (χ4n) is 3.48. The molecule has 1 aliphatic carbocycles. The Balaban J connectivity index is 1.84. The van der Waals surface area contributed by atoms with E-state index in [4.69, 9.17) is 5.14 Å². The van der Waals surface area contributed by atoms with Crippen LogP contribution in [0.2, 0.25) is 0 Å². The first kappa shape index (κ1) is 20.0. The number of aliphatic imine (C=N–C) groups is 1. The average Bonchev–Trinajstić information content (AvgIpc) is 3.02. The number of likely N-dealkylation sites (tertiary alicyclic amines) is 1. The van der Waals surface area contributed by atoms with Crippen LogP contribution in [0.3, 0.4) is 0 Å². The summed E-state index contributed by atoms with van der Waals surface area (Å²) < 4.78 is 22.0. The van der Waals surface area contributed by atoms with E-state index in [9.17, 15) is 13.2 Å². The highest BCUT2D eigenvalue weighted by molar-refractivity contribution is 7.89. The van der Waals surface area contributed by atoms with Crippen molar-refractivity contribution >= 4 is 21.9 Å². The normalized spacial score (nSPS) is 22.9. The molecule has 8 nitrogen and oxygen atoms in total. The van der Waals surface area contributed by atoms with Gasteiger partial charge < -0.3 is 15.5 Å². The van der Waals surface area contributed by atoms with Gasteiger partial charge in [0.2, 0.25) is 15.9 Å². The molecule has 25 heavy (non-hydrogen) atoms. The lowest BCUT2D eigenvalue weighted by molar-refractivity contribution is -0.135. The number of amides is 1. The molecule has 1 atom stereocenters. The first-order valence-corrected chi connectivity index (χ1v) is 10.9. The Bertz CT molecular complexity index is 572. The van der Waals surface area contributed by atoms with Crippen LogP contribution in [-0.4, -0.2) is 63.2 Å². The highest BCUT2D eigenvalue weighted by Gasteiger charge is 2.31. The average molecular weight is 374 g/mol. The number of hydrogen-bond acceptors (Lipinski definition) is 4. The molecule has 0 aromatic rings. The molecule has 0 aromatic carbocycles. The number of hydrogen-bond donors (Lipinski definition) is 3. The maximum absolute atomic E-state index is 12.6. The zero-order valence-corrected chi connectivity index (χ0v) is 15.9. The number of carbonyl (C=O) groups excluding carboxylic acids is 1. The topological polar surface area (TPSA) is 117 Å². The van der Waals surface area contributed by atoms with E-state index in [2.05, 4.69) is 15.6 Å². The summed E-state index contributed by atoms with van der Waals surface area (Å²) in [5.41, 5.74) is 0. The summed E-state index contributed by atoms with van der Waals surface area (Å²) in [7, 11) is -3.51. The van der Waals surface area contributed by atoms with Crippen LogP contribution < -0.4 is 15.8 Å². The van der Waals surface area contributed by atoms with Gasteiger partial charge in [-0.05, 0) is 26.2 Å². The third kappa shape index (κ3) is 6.81. The predicted octanol–water partition coefficient (Wildman–Crippen LogP) is 0.0112. The number of nitrogens with one attached hydrogen (secondary N) is 2. The zero-order chi connectivity index (χ0) is 18.3. The quantitative estimate of drug-likeness (QED) is 0.448. The molecule has 9 heteroatoms. The van der Waals surface area contributed by atoms with Crippen molar-refractivity contribution in [1.29, 1.82) is 0 Å². The van der Waals surface area contributed by atoms with E-state index in [0.29, 0.717) is 25.0 Å². The summed E-state index contributed by atoms with van der Waals surface area (Å²) >= 11 is 0. The van der Waals surface area contributed by atoms with E-state index in [-0.39, 0.29) is 24.3 Å². The van der Waals surface area contributed by atoms with Crippen LogP contribution in [-0.2, 0) is 14.8 Å². The van der Waals surface area contributed by atoms with Crippen LogP contribution in [0.15, 0.2) is 4.99 Å². The van der Waals surface area contributed by atoms with Gasteiger partial charge in [-0.1, -0.05) is 19.3 Å². The Morgan fingerprint density at radius 2 is 1.96 bits per heavy atom. The Morgan fingerprint density at radius 1 is 1.24 bits per heavy atom. The first-order chi connectivity index (χ1) is 11.9. The molecule has 1 aliphatic heterocycles. The van der Waals surface area contributed by atoms with Gasteiger partial charge >= 0.3 is 0 Å². The molecule has 0 aromatic heterocycles. The van der Waals surface area contributed by atoms with Crippen molar-refractivity contribution in [3.05, 3.63) is 0 Å². The molecule has 2 aliphatic rings. The van der Waals surface area contributed by atoms with Gasteiger partial charge in [-0.15, -0.1) is 0 Å². The molecule has 2 rings (SSSR count). The number of sulfonamides is 1. The van der Waals surface area contributed by atoms with Crippen LogP contribution in [0.25, 0.3) is 0 Å². The molecular formula is C16H31N5O3S. The minimum absolute atomic E-state index is 0.117. The van der Waals surface area contributed by atoms with Gasteiger partial charge in [0.25, 0.3) is 0 Å². The third-order valence-corrected chi connectivity index (χ3v) is 5.54. The smallest absolute Gasteiger partial charge is 0.225 e. The van der Waals surface area contributed by atoms with E-state index in [1.165, 1.54) is 6.42 Å². The molecular weight excluding hydrogens is 342 g/mol. The van der Waals surface area contributed by atoms with Crippen LogP contribution in [0.4, 0.5) is 0 Å². The molecule has 1 amide bonds. The molecule has 1 saturated carbocycles. The summed E-state index contributed by atoms with van der Waals surface area (Å²) in [5.74, 6) is 0.882. The van der Waals surface area contributed by atoms with E-state index < -0.39 is 10.0 Å². The molecule has 0 radical (unpaired) electrons. The number of guanidine groups is 1. The van der Waals surface area contributed by atoms with Gasteiger partial charge in [-0.3, -0.25) is 9.79 Å². The van der Waals surface area contributed by atoms with E-state index in [1.54, 1.807) is 0 Å². The minimum Gasteiger partial charge on any atom is -0.357 e. The van der Waals surface area contributed by atoms with Gasteiger partial charge in [-0.25, -0.2) is 13.6 Å². The number of primary sulfonamides is 1. The van der Waals surface area contributed by atoms with E-state index in [1.807, 2.05) is 11.8 Å². The monoisotopic (exact) mass is 373 g/mol. The van der Waals surface area contributed by atoms with Gasteiger partial charge in [-0.2, -0.15) is 0 Å². The molecule has 0 spiro atoms. The van der Waals surface area contributed by atoms with Gasteiger partial charge in [0, 0.05) is 31.6 Å². The maximum Gasteiger partial charge on any atom is 0.225 e. The lowest BCUT2D eigenvalue weighted by Crippen LogP contribution is -2.45. The Morgan fingerprint density at radius 3 is 2.60 bits per heavy atom. The Kier molecular flexibility index (Phi) is 7.49. The summed E-state index contributed by atoms with van der Waals surface area (Å²) in [6.45, 7) is 4.19. The molecule has 0 bridgehead atoms. The van der Waals surface area contributed by atoms with Gasteiger partial charge in [0.1, 0.15) is 0 Å². The third-order valence-electron chi connectivity index (χ3n) is 4.79. The lowest BCUT2D eigenvalue weighted by Gasteiger charge is -2.26. The number of nitrogens with zero attached hydrogens (tertiary/aromatic N) is 2. The van der Waals surface area contributed by atoms with Crippen LogP contribution in [0, 0.1) is 5.92 Å². The SMILES string of the molecule is CCNC(=NCCS(N)(=O)=O)NC1CCN(C(=O)C2CCCCC2)C1. The minimum atomic E-state index is -3.51. The zero-order valence-electron chi connectivity index (χ0n) is 15.0. The second-order valence-corrected chi connectivity index (χ2v) is 8.61. The Labute approximate surface area is 150 Å². The molecule has 2 fully saturated rings. The molecule has 144 valence electrons. The molecule has 1 saturated heterocycles. The van der Waals surface area contributed by atoms with E-state index in [0.717, 1.165) is 38.6 Å². The van der Waals surface area contributed by atoms with Crippen LogP contribution in [0.5, 0.6) is 0 Å². The number of nitrogens with two attached hydrogens (primary N) is 1. The second kappa shape index (κ2) is 9.38. The second-order valence-electron chi connectivity index (χ2n) is 6.88. The van der Waals surface area contributed by atoms with Crippen molar-refractivity contribution in [2.75, 3.05) is 31.9 Å². The lowest BCUT2D eigenvalue weighted by atomic mass is 9.88. The summed E-state index contributed by atoms with van der Waals surface area (Å²) in [6, 6.07) is 0.139. The summed E-state index contributed by atoms with van der Waals surface area (Å²) in [6.07, 6.45) is 6.48. The standard InChI is InChI=1S/C16H31N5O3S/c1-2-18-16(19-9-11-25(17,23)24)20-14-8-10-21(12-14)15(22)13-6-4-3-5-7-13/h13-14H,2-12H2,1H3,(H2,17,23,24)(H2,18,19,20). The van der Waals surface area contributed by atoms with Gasteiger partial charge in [0.05, 0.1) is 12.3 Å².